The van der Waals surface area contributed by atoms with Crippen LogP contribution in [0.15, 0.2) is 81.0 Å². The van der Waals surface area contributed by atoms with Gasteiger partial charge in [0, 0.05) is 6.08 Å². The molecule has 0 saturated carbocycles. The summed E-state index contributed by atoms with van der Waals surface area (Å²) in [6, 6.07) is 12.9. The minimum atomic E-state index is -4.25. The first-order chi connectivity index (χ1) is 14.7. The summed E-state index contributed by atoms with van der Waals surface area (Å²) in [4.78, 5) is 2.51. The Morgan fingerprint density at radius 2 is 1.68 bits per heavy atom. The number of hydrogen-bond acceptors (Lipinski definition) is 4. The van der Waals surface area contributed by atoms with Crippen molar-refractivity contribution < 1.29 is 21.6 Å². The number of benzene rings is 2. The van der Waals surface area contributed by atoms with Gasteiger partial charge in [0.2, 0.25) is 0 Å². The molecule has 160 valence electrons. The molecule has 2 aromatic carbocycles. The highest BCUT2D eigenvalue weighted by Gasteiger charge is 2.29. The van der Waals surface area contributed by atoms with Gasteiger partial charge in [0.25, 0.3) is 20.0 Å². The summed E-state index contributed by atoms with van der Waals surface area (Å²) in [5.41, 5.74) is 10.7. The summed E-state index contributed by atoms with van der Waals surface area (Å²) < 4.78 is 58.0. The smallest absolute Gasteiger partial charge is 0.316 e. The van der Waals surface area contributed by atoms with E-state index in [4.69, 9.17) is 5.53 Å². The van der Waals surface area contributed by atoms with Crippen molar-refractivity contribution in [2.75, 3.05) is 4.72 Å². The number of anilines is 1. The molecule has 0 aliphatic heterocycles. The van der Waals surface area contributed by atoms with E-state index in [0.717, 1.165) is 17.2 Å². The molecule has 0 heterocycles. The van der Waals surface area contributed by atoms with Crippen molar-refractivity contribution in [2.45, 2.75) is 25.2 Å². The summed E-state index contributed by atoms with van der Waals surface area (Å²) in [7, 11) is -8.43. The van der Waals surface area contributed by atoms with Crippen molar-refractivity contribution in [3.05, 3.63) is 88.3 Å². The van der Waals surface area contributed by atoms with Gasteiger partial charge in [-0.3, -0.25) is 4.72 Å². The van der Waals surface area contributed by atoms with Gasteiger partial charge < -0.3 is 5.53 Å². The average Bonchev–Trinajstić information content (AvgIpc) is 2.74. The number of para-hydroxylation sites is 1. The predicted octanol–water partition coefficient (Wildman–Crippen LogP) is 3.25. The summed E-state index contributed by atoms with van der Waals surface area (Å²) in [6.07, 6.45) is 4.09. The lowest BCUT2D eigenvalue weighted by molar-refractivity contribution is -0.00154. The second kappa shape index (κ2) is 8.81. The van der Waals surface area contributed by atoms with E-state index in [1.165, 1.54) is 24.3 Å². The Morgan fingerprint density at radius 1 is 1.00 bits per heavy atom. The van der Waals surface area contributed by atoms with Crippen molar-refractivity contribution >= 4 is 37.2 Å². The third-order valence-electron chi connectivity index (χ3n) is 4.53. The molecule has 0 saturated heterocycles. The summed E-state index contributed by atoms with van der Waals surface area (Å²) >= 11 is 0. The Morgan fingerprint density at radius 3 is 2.32 bits per heavy atom. The maximum absolute atomic E-state index is 13.1. The van der Waals surface area contributed by atoms with Gasteiger partial charge in [0.15, 0.2) is 0 Å². The molecule has 0 bridgehead atoms. The summed E-state index contributed by atoms with van der Waals surface area (Å²) in [6.45, 7) is 3.70. The predicted molar refractivity (Wildman–Crippen MR) is 120 cm³/mol. The monoisotopic (exact) mass is 456 g/mol. The van der Waals surface area contributed by atoms with Gasteiger partial charge in [-0.05, 0) is 43.2 Å². The van der Waals surface area contributed by atoms with Crippen LogP contribution in [0.2, 0.25) is 0 Å². The van der Waals surface area contributed by atoms with Gasteiger partial charge in [0.1, 0.15) is 4.91 Å². The molecule has 0 radical (unpaired) electrons. The van der Waals surface area contributed by atoms with Crippen molar-refractivity contribution in [3.8, 4) is 0 Å². The first kappa shape index (κ1) is 22.4. The number of aryl methyl sites for hydroxylation is 2. The third kappa shape index (κ3) is 5.05. The molecule has 31 heavy (non-hydrogen) atoms. The first-order valence-electron chi connectivity index (χ1n) is 9.31. The van der Waals surface area contributed by atoms with Crippen molar-refractivity contribution in [1.82, 2.24) is 0 Å². The quantitative estimate of drug-likeness (QED) is 0.406. The second-order valence-electron chi connectivity index (χ2n) is 6.75. The molecule has 0 fully saturated rings. The van der Waals surface area contributed by atoms with Crippen LogP contribution in [0, 0.1) is 6.92 Å². The second-order valence-corrected chi connectivity index (χ2v) is 10.0. The van der Waals surface area contributed by atoms with Crippen molar-refractivity contribution in [3.63, 3.8) is 0 Å². The molecular weight excluding hydrogens is 436 g/mol. The zero-order chi connectivity index (χ0) is 22.6. The van der Waals surface area contributed by atoms with Gasteiger partial charge in [0.05, 0.1) is 22.4 Å². The number of hydrogen-bond donors (Lipinski definition) is 1. The highest BCUT2D eigenvalue weighted by Crippen LogP contribution is 2.24. The Hall–Kier alpha value is -3.33. The minimum absolute atomic E-state index is 0.0594. The lowest BCUT2D eigenvalue weighted by atomic mass is 10.1. The number of allylic oxidation sites excluding steroid dienone is 4. The fourth-order valence-electron chi connectivity index (χ4n) is 2.88. The van der Waals surface area contributed by atoms with E-state index < -0.39 is 25.0 Å². The van der Waals surface area contributed by atoms with E-state index in [1.807, 2.05) is 13.8 Å². The van der Waals surface area contributed by atoms with Crippen molar-refractivity contribution in [1.29, 1.82) is 0 Å². The molecule has 0 amide bonds. The SMILES string of the molecule is CCc1ccccc1NS(=O)(=O)C1=CC(=[N+]=[N-])C=C/C1=N/S(=O)(=O)c1ccc(C)cc1. The zero-order valence-electron chi connectivity index (χ0n) is 16.8. The number of nitrogens with zero attached hydrogens (tertiary/aromatic N) is 3. The van der Waals surface area contributed by atoms with E-state index >= 15 is 0 Å². The Bertz CT molecular complexity index is 1360. The highest BCUT2D eigenvalue weighted by molar-refractivity contribution is 7.97. The minimum Gasteiger partial charge on any atom is -0.361 e. The molecule has 2 aromatic rings. The molecule has 1 aliphatic rings. The van der Waals surface area contributed by atoms with Gasteiger partial charge in [-0.1, -0.05) is 42.8 Å². The summed E-state index contributed by atoms with van der Waals surface area (Å²) in [5.74, 6) is 0. The molecule has 1 aliphatic carbocycles. The lowest BCUT2D eigenvalue weighted by Gasteiger charge is -2.15. The van der Waals surface area contributed by atoms with Crippen LogP contribution < -0.4 is 4.72 Å². The van der Waals surface area contributed by atoms with Gasteiger partial charge >= 0.3 is 5.71 Å². The van der Waals surface area contributed by atoms with E-state index in [0.29, 0.717) is 12.1 Å². The molecule has 0 aromatic heterocycles. The van der Waals surface area contributed by atoms with Crippen LogP contribution in [-0.4, -0.2) is 33.0 Å². The maximum atomic E-state index is 13.1. The lowest BCUT2D eigenvalue weighted by Crippen LogP contribution is -2.24. The third-order valence-corrected chi connectivity index (χ3v) is 7.23. The Kier molecular flexibility index (Phi) is 6.35. The Labute approximate surface area is 181 Å². The normalized spacial score (nSPS) is 15.5. The van der Waals surface area contributed by atoms with Gasteiger partial charge in [-0.2, -0.15) is 17.6 Å². The van der Waals surface area contributed by atoms with Crippen LogP contribution in [0.1, 0.15) is 18.1 Å². The Balaban J connectivity index is 2.08. The van der Waals surface area contributed by atoms with E-state index in [1.54, 1.807) is 36.4 Å². The van der Waals surface area contributed by atoms with E-state index in [9.17, 15) is 16.8 Å². The van der Waals surface area contributed by atoms with E-state index in [2.05, 4.69) is 13.9 Å². The molecule has 3 rings (SSSR count). The molecule has 0 unspecified atom stereocenters. The molecular formula is C21H20N4O4S2. The molecule has 8 nitrogen and oxygen atoms in total. The van der Waals surface area contributed by atoms with Crippen LogP contribution >= 0.6 is 0 Å². The molecule has 1 N–H and O–H groups in total. The average molecular weight is 457 g/mol. The standard InChI is InChI=1S/C21H20N4O4S2/c1-3-16-6-4-5-7-19(16)24-31(28,29)21-14-17(23-22)10-13-20(21)25-30(26,27)18-11-8-15(2)9-12-18/h4-14,24H,3H2,1-2H3/b25-20-. The van der Waals surface area contributed by atoms with Crippen LogP contribution in [0.4, 0.5) is 5.69 Å². The summed E-state index contributed by atoms with van der Waals surface area (Å²) in [5, 5.41) is 0. The maximum Gasteiger partial charge on any atom is 0.316 e. The van der Waals surface area contributed by atoms with Crippen LogP contribution in [0.25, 0.3) is 5.53 Å². The van der Waals surface area contributed by atoms with Crippen LogP contribution in [0.3, 0.4) is 0 Å². The molecule has 10 heteroatoms. The number of rotatable bonds is 6. The van der Waals surface area contributed by atoms with Crippen molar-refractivity contribution in [2.24, 2.45) is 4.40 Å². The fraction of sp³-hybridized carbons (Fsp3) is 0.143. The largest absolute Gasteiger partial charge is 0.361 e. The fourth-order valence-corrected chi connectivity index (χ4v) is 5.20. The zero-order valence-corrected chi connectivity index (χ0v) is 18.5. The molecule has 0 spiro atoms. The highest BCUT2D eigenvalue weighted by atomic mass is 32.2. The number of nitrogens with one attached hydrogen (secondary N) is 1. The van der Waals surface area contributed by atoms with Crippen LogP contribution in [-0.2, 0) is 26.5 Å². The topological polar surface area (TPSA) is 129 Å². The molecule has 0 atom stereocenters. The van der Waals surface area contributed by atoms with Crippen LogP contribution in [0.5, 0.6) is 0 Å². The first-order valence-corrected chi connectivity index (χ1v) is 12.2. The number of sulfonamides is 2. The van der Waals surface area contributed by atoms with E-state index in [-0.39, 0.29) is 16.3 Å². The van der Waals surface area contributed by atoms with Gasteiger partial charge in [-0.25, -0.2) is 8.42 Å². The van der Waals surface area contributed by atoms with Gasteiger partial charge in [-0.15, -0.1) is 0 Å².